The molecule has 0 unspecified atom stereocenters. The van der Waals surface area contributed by atoms with Crippen molar-refractivity contribution >= 4 is 11.6 Å². The molecule has 0 aromatic heterocycles. The van der Waals surface area contributed by atoms with Crippen LogP contribution in [0.4, 0.5) is 5.69 Å². The molecule has 1 amide bonds. The molecule has 19 heavy (non-hydrogen) atoms. The normalized spacial score (nSPS) is 14.8. The molecule has 104 valence electrons. The number of carbonyl (C=O) groups excluding carboxylic acids is 1. The van der Waals surface area contributed by atoms with Crippen LogP contribution in [0.25, 0.3) is 0 Å². The van der Waals surface area contributed by atoms with E-state index in [0.29, 0.717) is 19.6 Å². The molecule has 0 aliphatic heterocycles. The summed E-state index contributed by atoms with van der Waals surface area (Å²) >= 11 is 0. The first-order valence-electron chi connectivity index (χ1n) is 7.00. The van der Waals surface area contributed by atoms with Gasteiger partial charge in [0.2, 0.25) is 5.91 Å². The standard InChI is InChI=1S/C15H22N2O2/c16-10-11-19-14-7-5-13(6-8-14)17-15(18)9-4-12-2-1-3-12/h5-8,12H,1-4,9-11,16H2,(H,17,18). The smallest absolute Gasteiger partial charge is 0.224 e. The number of ether oxygens (including phenoxy) is 1. The second-order valence-corrected chi connectivity index (χ2v) is 5.05. The Hall–Kier alpha value is -1.55. The maximum Gasteiger partial charge on any atom is 0.224 e. The van der Waals surface area contributed by atoms with Gasteiger partial charge >= 0.3 is 0 Å². The fourth-order valence-electron chi connectivity index (χ4n) is 2.15. The Kier molecular flexibility index (Phi) is 5.21. The largest absolute Gasteiger partial charge is 0.492 e. The van der Waals surface area contributed by atoms with Crippen LogP contribution < -0.4 is 15.8 Å². The molecule has 1 fully saturated rings. The van der Waals surface area contributed by atoms with Crippen LogP contribution in [0.1, 0.15) is 32.1 Å². The maximum atomic E-state index is 11.8. The van der Waals surface area contributed by atoms with Crippen molar-refractivity contribution in [3.63, 3.8) is 0 Å². The molecule has 2 rings (SSSR count). The van der Waals surface area contributed by atoms with E-state index in [0.717, 1.165) is 23.8 Å². The summed E-state index contributed by atoms with van der Waals surface area (Å²) in [6.07, 6.45) is 5.55. The predicted molar refractivity (Wildman–Crippen MR) is 76.2 cm³/mol. The van der Waals surface area contributed by atoms with Crippen LogP contribution in [0.2, 0.25) is 0 Å². The number of nitrogens with one attached hydrogen (secondary N) is 1. The summed E-state index contributed by atoms with van der Waals surface area (Å²) in [7, 11) is 0. The third kappa shape index (κ3) is 4.56. The molecule has 0 bridgehead atoms. The lowest BCUT2D eigenvalue weighted by Crippen LogP contribution is -2.16. The van der Waals surface area contributed by atoms with Crippen molar-refractivity contribution in [2.75, 3.05) is 18.5 Å². The van der Waals surface area contributed by atoms with Crippen molar-refractivity contribution in [2.45, 2.75) is 32.1 Å². The molecule has 0 spiro atoms. The molecule has 1 aliphatic carbocycles. The van der Waals surface area contributed by atoms with Crippen LogP contribution in [-0.4, -0.2) is 19.1 Å². The van der Waals surface area contributed by atoms with Gasteiger partial charge in [-0.25, -0.2) is 0 Å². The van der Waals surface area contributed by atoms with Gasteiger partial charge in [0.15, 0.2) is 0 Å². The van der Waals surface area contributed by atoms with E-state index in [2.05, 4.69) is 5.32 Å². The molecule has 4 heteroatoms. The summed E-state index contributed by atoms with van der Waals surface area (Å²) in [5, 5.41) is 2.91. The minimum atomic E-state index is 0.0996. The van der Waals surface area contributed by atoms with Crippen LogP contribution in [0.3, 0.4) is 0 Å². The zero-order chi connectivity index (χ0) is 13.5. The first-order chi connectivity index (χ1) is 9.28. The average molecular weight is 262 g/mol. The zero-order valence-corrected chi connectivity index (χ0v) is 11.2. The highest BCUT2D eigenvalue weighted by Gasteiger charge is 2.18. The summed E-state index contributed by atoms with van der Waals surface area (Å²) < 4.78 is 5.38. The first-order valence-corrected chi connectivity index (χ1v) is 7.00. The minimum Gasteiger partial charge on any atom is -0.492 e. The molecule has 1 aliphatic rings. The van der Waals surface area contributed by atoms with Crippen LogP contribution in [-0.2, 0) is 4.79 Å². The number of carbonyl (C=O) groups is 1. The number of benzene rings is 1. The molecule has 0 saturated heterocycles. The maximum absolute atomic E-state index is 11.8. The Morgan fingerprint density at radius 3 is 2.63 bits per heavy atom. The Bertz CT molecular complexity index is 399. The van der Waals surface area contributed by atoms with Gasteiger partial charge in [-0.1, -0.05) is 19.3 Å². The van der Waals surface area contributed by atoms with Gasteiger partial charge in [0, 0.05) is 18.7 Å². The van der Waals surface area contributed by atoms with E-state index in [1.54, 1.807) is 0 Å². The molecular formula is C15H22N2O2. The number of amides is 1. The van der Waals surface area contributed by atoms with Gasteiger partial charge in [0.1, 0.15) is 12.4 Å². The number of nitrogens with two attached hydrogens (primary N) is 1. The van der Waals surface area contributed by atoms with E-state index in [1.165, 1.54) is 19.3 Å². The molecule has 0 heterocycles. The second kappa shape index (κ2) is 7.14. The lowest BCUT2D eigenvalue weighted by molar-refractivity contribution is -0.116. The van der Waals surface area contributed by atoms with Gasteiger partial charge in [0.25, 0.3) is 0 Å². The van der Waals surface area contributed by atoms with Gasteiger partial charge < -0.3 is 15.8 Å². The Labute approximate surface area is 114 Å². The Balaban J connectivity index is 1.73. The molecular weight excluding hydrogens is 240 g/mol. The molecule has 4 nitrogen and oxygen atoms in total. The molecule has 1 aromatic carbocycles. The van der Waals surface area contributed by atoms with Crippen molar-refractivity contribution in [1.82, 2.24) is 0 Å². The van der Waals surface area contributed by atoms with E-state index in [9.17, 15) is 4.79 Å². The van der Waals surface area contributed by atoms with Crippen LogP contribution in [0, 0.1) is 5.92 Å². The summed E-state index contributed by atoms with van der Waals surface area (Å²) in [5.74, 6) is 1.65. The van der Waals surface area contributed by atoms with Crippen molar-refractivity contribution in [3.8, 4) is 5.75 Å². The molecule has 3 N–H and O–H groups in total. The summed E-state index contributed by atoms with van der Waals surface area (Å²) in [6.45, 7) is 1.01. The van der Waals surface area contributed by atoms with Crippen LogP contribution in [0.5, 0.6) is 5.75 Å². The monoisotopic (exact) mass is 262 g/mol. The van der Waals surface area contributed by atoms with Gasteiger partial charge in [-0.3, -0.25) is 4.79 Å². The van der Waals surface area contributed by atoms with Crippen molar-refractivity contribution in [1.29, 1.82) is 0 Å². The lowest BCUT2D eigenvalue weighted by Gasteiger charge is -2.24. The fourth-order valence-corrected chi connectivity index (χ4v) is 2.15. The number of anilines is 1. The van der Waals surface area contributed by atoms with Gasteiger partial charge in [-0.05, 0) is 36.6 Å². The topological polar surface area (TPSA) is 64.3 Å². The molecule has 1 aromatic rings. The van der Waals surface area contributed by atoms with Gasteiger partial charge in [-0.15, -0.1) is 0 Å². The molecule has 0 atom stereocenters. The van der Waals surface area contributed by atoms with E-state index in [1.807, 2.05) is 24.3 Å². The van der Waals surface area contributed by atoms with Crippen molar-refractivity contribution < 1.29 is 9.53 Å². The summed E-state index contributed by atoms with van der Waals surface area (Å²) in [6, 6.07) is 7.40. The SMILES string of the molecule is NCCOc1ccc(NC(=O)CCC2CCC2)cc1. The predicted octanol–water partition coefficient (Wildman–Crippen LogP) is 2.54. The Morgan fingerprint density at radius 2 is 2.05 bits per heavy atom. The van der Waals surface area contributed by atoms with E-state index < -0.39 is 0 Å². The van der Waals surface area contributed by atoms with E-state index >= 15 is 0 Å². The third-order valence-electron chi connectivity index (χ3n) is 3.53. The molecule has 0 radical (unpaired) electrons. The third-order valence-corrected chi connectivity index (χ3v) is 3.53. The van der Waals surface area contributed by atoms with E-state index in [4.69, 9.17) is 10.5 Å². The number of rotatable bonds is 7. The number of hydrogen-bond acceptors (Lipinski definition) is 3. The van der Waals surface area contributed by atoms with Crippen molar-refractivity contribution in [3.05, 3.63) is 24.3 Å². The first kappa shape index (κ1) is 13.9. The zero-order valence-electron chi connectivity index (χ0n) is 11.2. The highest BCUT2D eigenvalue weighted by molar-refractivity contribution is 5.90. The average Bonchev–Trinajstić information content (AvgIpc) is 2.36. The van der Waals surface area contributed by atoms with E-state index in [-0.39, 0.29) is 5.91 Å². The van der Waals surface area contributed by atoms with Gasteiger partial charge in [-0.2, -0.15) is 0 Å². The van der Waals surface area contributed by atoms with Crippen LogP contribution in [0.15, 0.2) is 24.3 Å². The quantitative estimate of drug-likeness (QED) is 0.793. The lowest BCUT2D eigenvalue weighted by atomic mass is 9.82. The highest BCUT2D eigenvalue weighted by atomic mass is 16.5. The highest BCUT2D eigenvalue weighted by Crippen LogP contribution is 2.30. The Morgan fingerprint density at radius 1 is 1.32 bits per heavy atom. The summed E-state index contributed by atoms with van der Waals surface area (Å²) in [5.41, 5.74) is 6.18. The minimum absolute atomic E-state index is 0.0996. The van der Waals surface area contributed by atoms with Crippen molar-refractivity contribution in [2.24, 2.45) is 11.7 Å². The van der Waals surface area contributed by atoms with Crippen LogP contribution >= 0.6 is 0 Å². The second-order valence-electron chi connectivity index (χ2n) is 5.05. The summed E-state index contributed by atoms with van der Waals surface area (Å²) in [4.78, 5) is 11.8. The molecule has 1 saturated carbocycles. The number of hydrogen-bond donors (Lipinski definition) is 2. The fraction of sp³-hybridized carbons (Fsp3) is 0.533. The van der Waals surface area contributed by atoms with Gasteiger partial charge in [0.05, 0.1) is 0 Å².